The lowest BCUT2D eigenvalue weighted by molar-refractivity contribution is -0.117. The highest BCUT2D eigenvalue weighted by Gasteiger charge is 2.16. The number of ether oxygens (including phenoxy) is 2. The number of carbonyl (C=O) groups excluding carboxylic acids is 1. The van der Waals surface area contributed by atoms with Gasteiger partial charge in [-0.1, -0.05) is 22.9 Å². The average molecular weight is 297 g/mol. The monoisotopic (exact) mass is 296 g/mol. The molecule has 1 aromatic carbocycles. The second kappa shape index (κ2) is 5.07. The minimum Gasteiger partial charge on any atom is -0.494 e. The summed E-state index contributed by atoms with van der Waals surface area (Å²) in [6, 6.07) is 5.38. The minimum absolute atomic E-state index is 0.156. The van der Waals surface area contributed by atoms with Crippen LogP contribution in [-0.2, 0) is 14.3 Å². The van der Waals surface area contributed by atoms with Gasteiger partial charge in [-0.25, -0.2) is 4.98 Å². The highest BCUT2D eigenvalue weighted by atomic mass is 35.5. The Morgan fingerprint density at radius 1 is 1.42 bits per heavy atom. The molecule has 0 fully saturated rings. The van der Waals surface area contributed by atoms with Gasteiger partial charge in [0.05, 0.1) is 10.2 Å². The summed E-state index contributed by atoms with van der Waals surface area (Å²) in [5.41, 5.74) is 0.791. The van der Waals surface area contributed by atoms with Crippen molar-refractivity contribution in [1.29, 1.82) is 0 Å². The van der Waals surface area contributed by atoms with E-state index in [0.29, 0.717) is 23.4 Å². The normalized spacial score (nSPS) is 14.5. The summed E-state index contributed by atoms with van der Waals surface area (Å²) < 4.78 is 11.1. The molecule has 1 aliphatic heterocycles. The predicted molar refractivity (Wildman–Crippen MR) is 73.2 cm³/mol. The first-order chi connectivity index (χ1) is 9.22. The number of rotatable bonds is 2. The zero-order chi connectivity index (χ0) is 13.2. The maximum Gasteiger partial charge on any atom is 0.295 e. The van der Waals surface area contributed by atoms with E-state index < -0.39 is 0 Å². The first-order valence-corrected chi connectivity index (χ1v) is 6.74. The Hall–Kier alpha value is -1.79. The molecule has 98 valence electrons. The van der Waals surface area contributed by atoms with Gasteiger partial charge in [-0.3, -0.25) is 10.1 Å². The SMILES string of the molecule is O=C(Nc1nc2ccc(Cl)cc2s1)C1=COCCO1. The van der Waals surface area contributed by atoms with Gasteiger partial charge in [0.1, 0.15) is 19.5 Å². The summed E-state index contributed by atoms with van der Waals surface area (Å²) >= 11 is 7.25. The van der Waals surface area contributed by atoms with Gasteiger partial charge < -0.3 is 9.47 Å². The lowest BCUT2D eigenvalue weighted by Crippen LogP contribution is -2.20. The van der Waals surface area contributed by atoms with Gasteiger partial charge in [-0.2, -0.15) is 0 Å². The summed E-state index contributed by atoms with van der Waals surface area (Å²) in [6.45, 7) is 0.825. The summed E-state index contributed by atoms with van der Waals surface area (Å²) in [6.07, 6.45) is 1.31. The number of aromatic nitrogens is 1. The summed E-state index contributed by atoms with van der Waals surface area (Å²) in [4.78, 5) is 16.2. The average Bonchev–Trinajstić information content (AvgIpc) is 2.81. The molecule has 2 heterocycles. The number of nitrogens with one attached hydrogen (secondary N) is 1. The van der Waals surface area contributed by atoms with Crippen molar-refractivity contribution in [2.75, 3.05) is 18.5 Å². The smallest absolute Gasteiger partial charge is 0.295 e. The molecule has 19 heavy (non-hydrogen) atoms. The number of fused-ring (bicyclic) bond motifs is 1. The predicted octanol–water partition coefficient (Wildman–Crippen LogP) is 2.78. The number of anilines is 1. The van der Waals surface area contributed by atoms with E-state index in [0.717, 1.165) is 10.2 Å². The molecule has 0 saturated carbocycles. The Bertz CT molecular complexity index is 668. The molecule has 1 aromatic heterocycles. The van der Waals surface area contributed by atoms with Crippen LogP contribution in [0.5, 0.6) is 0 Å². The Morgan fingerprint density at radius 2 is 2.32 bits per heavy atom. The van der Waals surface area contributed by atoms with E-state index in [9.17, 15) is 4.79 Å². The number of hydrogen-bond donors (Lipinski definition) is 1. The fourth-order valence-electron chi connectivity index (χ4n) is 1.60. The third-order valence-corrected chi connectivity index (χ3v) is 3.61. The third kappa shape index (κ3) is 2.64. The van der Waals surface area contributed by atoms with Crippen LogP contribution in [0.2, 0.25) is 5.02 Å². The van der Waals surface area contributed by atoms with Crippen LogP contribution in [0.1, 0.15) is 0 Å². The van der Waals surface area contributed by atoms with Crippen LogP contribution in [0.4, 0.5) is 5.13 Å². The molecule has 0 aliphatic carbocycles. The molecule has 1 amide bonds. The first kappa shape index (κ1) is 12.3. The maximum atomic E-state index is 11.9. The lowest BCUT2D eigenvalue weighted by Gasteiger charge is -2.13. The van der Waals surface area contributed by atoms with Gasteiger partial charge in [0, 0.05) is 5.02 Å². The second-order valence-electron chi connectivity index (χ2n) is 3.79. The van der Waals surface area contributed by atoms with E-state index in [1.807, 2.05) is 12.1 Å². The molecule has 0 radical (unpaired) electrons. The first-order valence-electron chi connectivity index (χ1n) is 5.54. The van der Waals surface area contributed by atoms with E-state index in [1.165, 1.54) is 17.6 Å². The van der Waals surface area contributed by atoms with Crippen molar-refractivity contribution in [3.63, 3.8) is 0 Å². The van der Waals surface area contributed by atoms with Crippen molar-refractivity contribution >= 4 is 44.2 Å². The molecule has 1 N–H and O–H groups in total. The van der Waals surface area contributed by atoms with Crippen LogP contribution < -0.4 is 5.32 Å². The van der Waals surface area contributed by atoms with Crippen LogP contribution >= 0.6 is 22.9 Å². The number of hydrogen-bond acceptors (Lipinski definition) is 5. The number of benzene rings is 1. The van der Waals surface area contributed by atoms with E-state index in [-0.39, 0.29) is 11.7 Å². The number of thiazole rings is 1. The molecule has 0 saturated heterocycles. The molecule has 5 nitrogen and oxygen atoms in total. The number of amides is 1. The summed E-state index contributed by atoms with van der Waals surface area (Å²) in [7, 11) is 0. The molecule has 2 aromatic rings. The molecule has 0 atom stereocenters. The Kier molecular flexibility index (Phi) is 3.27. The number of halogens is 1. The van der Waals surface area contributed by atoms with Crippen molar-refractivity contribution in [3.05, 3.63) is 35.2 Å². The molecule has 0 bridgehead atoms. The minimum atomic E-state index is -0.371. The van der Waals surface area contributed by atoms with E-state index in [4.69, 9.17) is 21.1 Å². The van der Waals surface area contributed by atoms with Crippen molar-refractivity contribution in [2.24, 2.45) is 0 Å². The van der Waals surface area contributed by atoms with Crippen LogP contribution in [0.25, 0.3) is 10.2 Å². The topological polar surface area (TPSA) is 60.5 Å². The van der Waals surface area contributed by atoms with Crippen molar-refractivity contribution < 1.29 is 14.3 Å². The standard InChI is InChI=1S/C12H9ClN2O3S/c13-7-1-2-8-10(5-7)19-12(14-8)15-11(16)9-6-17-3-4-18-9/h1-2,5-6H,3-4H2,(H,14,15,16). The Labute approximate surface area is 117 Å². The highest BCUT2D eigenvalue weighted by Crippen LogP contribution is 2.28. The Morgan fingerprint density at radius 3 is 3.11 bits per heavy atom. The van der Waals surface area contributed by atoms with Gasteiger partial charge >= 0.3 is 0 Å². The number of nitrogens with zero attached hydrogens (tertiary/aromatic N) is 1. The lowest BCUT2D eigenvalue weighted by atomic mass is 10.3. The molecule has 3 rings (SSSR count). The molecular formula is C12H9ClN2O3S. The van der Waals surface area contributed by atoms with Crippen molar-refractivity contribution in [3.8, 4) is 0 Å². The maximum absolute atomic E-state index is 11.9. The molecule has 0 spiro atoms. The van der Waals surface area contributed by atoms with Crippen LogP contribution in [0, 0.1) is 0 Å². The van der Waals surface area contributed by atoms with Crippen LogP contribution in [0.3, 0.4) is 0 Å². The van der Waals surface area contributed by atoms with E-state index in [1.54, 1.807) is 6.07 Å². The van der Waals surface area contributed by atoms with Gasteiger partial charge in [0.2, 0.25) is 5.76 Å². The van der Waals surface area contributed by atoms with Crippen LogP contribution in [-0.4, -0.2) is 24.1 Å². The fourth-order valence-corrected chi connectivity index (χ4v) is 2.74. The quantitative estimate of drug-likeness (QED) is 0.926. The van der Waals surface area contributed by atoms with E-state index >= 15 is 0 Å². The largest absolute Gasteiger partial charge is 0.494 e. The molecular weight excluding hydrogens is 288 g/mol. The second-order valence-corrected chi connectivity index (χ2v) is 5.25. The third-order valence-electron chi connectivity index (χ3n) is 2.44. The zero-order valence-electron chi connectivity index (χ0n) is 9.68. The zero-order valence-corrected chi connectivity index (χ0v) is 11.3. The number of carbonyl (C=O) groups is 1. The molecule has 7 heteroatoms. The summed E-state index contributed by atoms with van der Waals surface area (Å²) in [5.74, 6) is -0.214. The molecule has 1 aliphatic rings. The van der Waals surface area contributed by atoms with Gasteiger partial charge in [0.15, 0.2) is 5.13 Å². The highest BCUT2D eigenvalue weighted by molar-refractivity contribution is 7.22. The summed E-state index contributed by atoms with van der Waals surface area (Å²) in [5, 5.41) is 3.81. The van der Waals surface area contributed by atoms with Gasteiger partial charge in [-0.05, 0) is 18.2 Å². The van der Waals surface area contributed by atoms with Crippen molar-refractivity contribution in [1.82, 2.24) is 4.98 Å². The van der Waals surface area contributed by atoms with Gasteiger partial charge in [-0.15, -0.1) is 0 Å². The molecule has 0 unspecified atom stereocenters. The van der Waals surface area contributed by atoms with Gasteiger partial charge in [0.25, 0.3) is 5.91 Å². The van der Waals surface area contributed by atoms with E-state index in [2.05, 4.69) is 10.3 Å². The van der Waals surface area contributed by atoms with Crippen LogP contribution in [0.15, 0.2) is 30.2 Å². The Balaban J connectivity index is 1.81. The van der Waals surface area contributed by atoms with Crippen molar-refractivity contribution in [2.45, 2.75) is 0 Å². The fraction of sp³-hybridized carbons (Fsp3) is 0.167.